The second kappa shape index (κ2) is 9.27. The number of amides is 2. The fraction of sp³-hybridized carbons (Fsp3) is 0.259. The molecule has 3 aromatic rings. The van der Waals surface area contributed by atoms with E-state index in [1.54, 1.807) is 4.90 Å². The quantitative estimate of drug-likeness (QED) is 0.552. The third-order valence-electron chi connectivity index (χ3n) is 6.11. The van der Waals surface area contributed by atoms with Crippen LogP contribution in [0.1, 0.15) is 36.1 Å². The molecular formula is C27H28N2O3. The van der Waals surface area contributed by atoms with E-state index in [-0.39, 0.29) is 30.2 Å². The van der Waals surface area contributed by atoms with E-state index in [0.29, 0.717) is 18.0 Å². The number of benzene rings is 3. The third-order valence-corrected chi connectivity index (χ3v) is 6.11. The van der Waals surface area contributed by atoms with Gasteiger partial charge < -0.3 is 15.0 Å². The van der Waals surface area contributed by atoms with Crippen molar-refractivity contribution in [3.05, 3.63) is 89.5 Å². The van der Waals surface area contributed by atoms with E-state index in [1.807, 2.05) is 79.7 Å². The van der Waals surface area contributed by atoms with Gasteiger partial charge in [-0.2, -0.15) is 0 Å². The van der Waals surface area contributed by atoms with Gasteiger partial charge in [-0.05, 0) is 73.9 Å². The monoisotopic (exact) mass is 428 g/mol. The van der Waals surface area contributed by atoms with E-state index < -0.39 is 0 Å². The molecule has 0 bridgehead atoms. The molecule has 1 fully saturated rings. The lowest BCUT2D eigenvalue weighted by Crippen LogP contribution is -2.30. The Morgan fingerprint density at radius 3 is 2.34 bits per heavy atom. The Hall–Kier alpha value is -3.60. The van der Waals surface area contributed by atoms with E-state index in [0.717, 1.165) is 11.3 Å². The maximum atomic E-state index is 12.8. The zero-order valence-electron chi connectivity index (χ0n) is 18.7. The predicted molar refractivity (Wildman–Crippen MR) is 126 cm³/mol. The molecule has 0 spiro atoms. The van der Waals surface area contributed by atoms with Crippen LogP contribution in [0.5, 0.6) is 11.5 Å². The molecule has 0 aromatic heterocycles. The topological polar surface area (TPSA) is 58.6 Å². The molecule has 1 saturated heterocycles. The van der Waals surface area contributed by atoms with Crippen molar-refractivity contribution < 1.29 is 14.3 Å². The summed E-state index contributed by atoms with van der Waals surface area (Å²) in [4.78, 5) is 27.1. The number of carbonyl (C=O) groups is 2. The van der Waals surface area contributed by atoms with Crippen molar-refractivity contribution in [1.29, 1.82) is 0 Å². The van der Waals surface area contributed by atoms with Crippen LogP contribution in [0.2, 0.25) is 0 Å². The van der Waals surface area contributed by atoms with E-state index in [9.17, 15) is 9.59 Å². The highest BCUT2D eigenvalue weighted by atomic mass is 16.5. The maximum Gasteiger partial charge on any atom is 0.229 e. The first kappa shape index (κ1) is 21.6. The van der Waals surface area contributed by atoms with Gasteiger partial charge in [0.2, 0.25) is 11.8 Å². The van der Waals surface area contributed by atoms with Gasteiger partial charge in [0.1, 0.15) is 11.5 Å². The molecule has 1 aliphatic rings. The van der Waals surface area contributed by atoms with Gasteiger partial charge in [-0.3, -0.25) is 9.59 Å². The Balaban J connectivity index is 1.35. The first-order chi connectivity index (χ1) is 15.4. The van der Waals surface area contributed by atoms with Crippen LogP contribution >= 0.6 is 0 Å². The lowest BCUT2D eigenvalue weighted by atomic mass is 10.1. The number of aryl methyl sites for hydroxylation is 2. The molecule has 32 heavy (non-hydrogen) atoms. The average Bonchev–Trinajstić information content (AvgIpc) is 3.19. The Kier molecular flexibility index (Phi) is 6.26. The standard InChI is InChI=1S/C27H28N2O3/c1-18-9-12-25(15-19(18)2)32-24-13-10-23(11-14-24)28-27(31)22-16-26(30)29(17-22)20(3)21-7-5-4-6-8-21/h4-15,20,22H,16-17H2,1-3H3,(H,28,31)/t20-,22-/m0/s1. The molecule has 1 heterocycles. The highest BCUT2D eigenvalue weighted by Crippen LogP contribution is 2.30. The number of nitrogens with zero attached hydrogens (tertiary/aromatic N) is 1. The van der Waals surface area contributed by atoms with Gasteiger partial charge in [-0.15, -0.1) is 0 Å². The molecule has 4 rings (SSSR count). The summed E-state index contributed by atoms with van der Waals surface area (Å²) in [5, 5.41) is 2.94. The fourth-order valence-electron chi connectivity index (χ4n) is 3.96. The number of ether oxygens (including phenoxy) is 1. The van der Waals surface area contributed by atoms with Gasteiger partial charge in [0, 0.05) is 18.7 Å². The molecule has 0 unspecified atom stereocenters. The van der Waals surface area contributed by atoms with Crippen molar-refractivity contribution in [2.45, 2.75) is 33.2 Å². The predicted octanol–water partition coefficient (Wildman–Crippen LogP) is 5.64. The molecule has 3 aromatic carbocycles. The average molecular weight is 429 g/mol. The summed E-state index contributed by atoms with van der Waals surface area (Å²) in [7, 11) is 0. The number of hydrogen-bond donors (Lipinski definition) is 1. The molecule has 164 valence electrons. The lowest BCUT2D eigenvalue weighted by molar-refractivity contribution is -0.129. The summed E-state index contributed by atoms with van der Waals surface area (Å²) in [6.07, 6.45) is 0.233. The van der Waals surface area contributed by atoms with Crippen LogP contribution in [0.15, 0.2) is 72.8 Å². The number of nitrogens with one attached hydrogen (secondary N) is 1. The molecule has 0 aliphatic carbocycles. The summed E-state index contributed by atoms with van der Waals surface area (Å²) >= 11 is 0. The first-order valence-corrected chi connectivity index (χ1v) is 10.9. The molecule has 0 saturated carbocycles. The van der Waals surface area contributed by atoms with Crippen LogP contribution in [0.25, 0.3) is 0 Å². The SMILES string of the molecule is Cc1ccc(Oc2ccc(NC(=O)[C@H]3CC(=O)N([C@@H](C)c4ccccc4)C3)cc2)cc1C. The zero-order valence-corrected chi connectivity index (χ0v) is 18.7. The highest BCUT2D eigenvalue weighted by Gasteiger charge is 2.37. The highest BCUT2D eigenvalue weighted by molar-refractivity contribution is 5.97. The van der Waals surface area contributed by atoms with Crippen molar-refractivity contribution >= 4 is 17.5 Å². The summed E-state index contributed by atoms with van der Waals surface area (Å²) in [6.45, 7) is 6.54. The molecule has 2 amide bonds. The number of carbonyl (C=O) groups excluding carboxylic acids is 2. The number of likely N-dealkylation sites (tertiary alicyclic amines) is 1. The van der Waals surface area contributed by atoms with Crippen LogP contribution in [0.3, 0.4) is 0 Å². The minimum atomic E-state index is -0.361. The first-order valence-electron chi connectivity index (χ1n) is 10.9. The number of anilines is 1. The van der Waals surface area contributed by atoms with Crippen molar-refractivity contribution in [2.24, 2.45) is 5.92 Å². The van der Waals surface area contributed by atoms with E-state index >= 15 is 0 Å². The second-order valence-corrected chi connectivity index (χ2v) is 8.40. The molecule has 2 atom stereocenters. The van der Waals surface area contributed by atoms with E-state index in [2.05, 4.69) is 19.2 Å². The molecule has 5 nitrogen and oxygen atoms in total. The minimum absolute atomic E-state index is 0.0126. The normalized spacial score (nSPS) is 16.7. The summed E-state index contributed by atoms with van der Waals surface area (Å²) in [5.41, 5.74) is 4.15. The van der Waals surface area contributed by atoms with Crippen LogP contribution in [0.4, 0.5) is 5.69 Å². The van der Waals surface area contributed by atoms with Gasteiger partial charge in [0.05, 0.1) is 12.0 Å². The minimum Gasteiger partial charge on any atom is -0.457 e. The smallest absolute Gasteiger partial charge is 0.229 e. The number of hydrogen-bond acceptors (Lipinski definition) is 3. The van der Waals surface area contributed by atoms with Crippen molar-refractivity contribution in [1.82, 2.24) is 4.90 Å². The summed E-state index contributed by atoms with van der Waals surface area (Å²) < 4.78 is 5.91. The van der Waals surface area contributed by atoms with Gasteiger partial charge in [0.15, 0.2) is 0 Å². The second-order valence-electron chi connectivity index (χ2n) is 8.40. The van der Waals surface area contributed by atoms with E-state index in [1.165, 1.54) is 11.1 Å². The van der Waals surface area contributed by atoms with Crippen LogP contribution < -0.4 is 10.1 Å². The fourth-order valence-corrected chi connectivity index (χ4v) is 3.96. The van der Waals surface area contributed by atoms with Crippen molar-refractivity contribution in [3.63, 3.8) is 0 Å². The lowest BCUT2D eigenvalue weighted by Gasteiger charge is -2.25. The largest absolute Gasteiger partial charge is 0.457 e. The molecule has 0 radical (unpaired) electrons. The molecule has 1 aliphatic heterocycles. The summed E-state index contributed by atoms with van der Waals surface area (Å²) in [5.74, 6) is 0.995. The Labute approximate surface area is 189 Å². The van der Waals surface area contributed by atoms with Crippen LogP contribution in [0, 0.1) is 19.8 Å². The number of rotatable bonds is 6. The van der Waals surface area contributed by atoms with Gasteiger partial charge in [0.25, 0.3) is 0 Å². The van der Waals surface area contributed by atoms with Crippen LogP contribution in [-0.4, -0.2) is 23.3 Å². The molecule has 1 N–H and O–H groups in total. The molecular weight excluding hydrogens is 400 g/mol. The Morgan fingerprint density at radius 1 is 0.969 bits per heavy atom. The van der Waals surface area contributed by atoms with Gasteiger partial charge in [-0.25, -0.2) is 0 Å². The third kappa shape index (κ3) is 4.83. The van der Waals surface area contributed by atoms with E-state index in [4.69, 9.17) is 4.74 Å². The van der Waals surface area contributed by atoms with Gasteiger partial charge in [-0.1, -0.05) is 36.4 Å². The van der Waals surface area contributed by atoms with Crippen molar-refractivity contribution in [2.75, 3.05) is 11.9 Å². The Bertz CT molecular complexity index is 1110. The molecule has 5 heteroatoms. The summed E-state index contributed by atoms with van der Waals surface area (Å²) in [6, 6.07) is 23.1. The zero-order chi connectivity index (χ0) is 22.7. The Morgan fingerprint density at radius 2 is 1.66 bits per heavy atom. The van der Waals surface area contributed by atoms with Gasteiger partial charge >= 0.3 is 0 Å². The maximum absolute atomic E-state index is 12.8. The van der Waals surface area contributed by atoms with Crippen molar-refractivity contribution in [3.8, 4) is 11.5 Å². The van der Waals surface area contributed by atoms with Crippen LogP contribution in [-0.2, 0) is 9.59 Å².